The number of piperidine rings is 1. The van der Waals surface area contributed by atoms with Crippen LogP contribution in [-0.2, 0) is 4.79 Å². The maximum absolute atomic E-state index is 13.0. The molecule has 2 aromatic carbocycles. The van der Waals surface area contributed by atoms with Gasteiger partial charge >= 0.3 is 0 Å². The first kappa shape index (κ1) is 20.0. The maximum Gasteiger partial charge on any atom is 0.262 e. The molecule has 2 aromatic rings. The third-order valence-electron chi connectivity index (χ3n) is 5.22. The molecule has 0 aliphatic carbocycles. The number of rotatable bonds is 2. The summed E-state index contributed by atoms with van der Waals surface area (Å²) in [5.74, 6) is 0.877. The first-order chi connectivity index (χ1) is 13.9. The zero-order valence-electron chi connectivity index (χ0n) is 16.4. The van der Waals surface area contributed by atoms with E-state index in [2.05, 4.69) is 19.2 Å². The number of carbonyl (C=O) groups is 2. The standard InChI is InChI=1S/C23H23ClN2O2S/c1-14-8-15(2)13-26(12-14)23(28)17-6-7-20-19(11-17)25-22(27)21(29-20)10-16-4-3-5-18(24)9-16/h3-7,9-11,14-15H,8,12-13H2,1-2H3,(H,25,27)/b21-10+. The molecule has 2 amide bonds. The first-order valence-corrected chi connectivity index (χ1v) is 11.0. The number of nitrogens with one attached hydrogen (secondary N) is 1. The molecule has 2 unspecified atom stereocenters. The molecule has 2 atom stereocenters. The molecular formula is C23H23ClN2O2S. The molecule has 0 bridgehead atoms. The van der Waals surface area contributed by atoms with Gasteiger partial charge in [0.25, 0.3) is 11.8 Å². The predicted molar refractivity (Wildman–Crippen MR) is 119 cm³/mol. The Labute approximate surface area is 180 Å². The number of anilines is 1. The van der Waals surface area contributed by atoms with Gasteiger partial charge in [0.15, 0.2) is 0 Å². The molecule has 1 N–H and O–H groups in total. The number of benzene rings is 2. The van der Waals surface area contributed by atoms with Crippen LogP contribution in [0.5, 0.6) is 0 Å². The number of hydrogen-bond donors (Lipinski definition) is 1. The highest BCUT2D eigenvalue weighted by molar-refractivity contribution is 8.04. The third-order valence-corrected chi connectivity index (χ3v) is 6.56. The van der Waals surface area contributed by atoms with Crippen molar-refractivity contribution in [1.29, 1.82) is 0 Å². The van der Waals surface area contributed by atoms with Gasteiger partial charge in [0, 0.05) is 28.6 Å². The Kier molecular flexibility index (Phi) is 5.70. The van der Waals surface area contributed by atoms with Gasteiger partial charge in [-0.25, -0.2) is 0 Å². The summed E-state index contributed by atoms with van der Waals surface area (Å²) in [6.45, 7) is 5.95. The number of carbonyl (C=O) groups excluding carboxylic acids is 2. The van der Waals surface area contributed by atoms with Gasteiger partial charge in [0.1, 0.15) is 0 Å². The molecule has 2 heterocycles. The molecule has 1 fully saturated rings. The van der Waals surface area contributed by atoms with Crippen molar-refractivity contribution in [2.45, 2.75) is 25.2 Å². The molecule has 4 rings (SSSR count). The highest BCUT2D eigenvalue weighted by Crippen LogP contribution is 2.39. The summed E-state index contributed by atoms with van der Waals surface area (Å²) in [7, 11) is 0. The van der Waals surface area contributed by atoms with Crippen LogP contribution < -0.4 is 5.32 Å². The lowest BCUT2D eigenvalue weighted by Crippen LogP contribution is -2.42. The average molecular weight is 427 g/mol. The summed E-state index contributed by atoms with van der Waals surface area (Å²) in [6.07, 6.45) is 2.98. The number of likely N-dealkylation sites (tertiary alicyclic amines) is 1. The van der Waals surface area contributed by atoms with E-state index in [4.69, 9.17) is 11.6 Å². The Hall–Kier alpha value is -2.24. The second-order valence-corrected chi connectivity index (χ2v) is 9.51. The molecular weight excluding hydrogens is 404 g/mol. The van der Waals surface area contributed by atoms with E-state index < -0.39 is 0 Å². The van der Waals surface area contributed by atoms with Crippen molar-refractivity contribution in [1.82, 2.24) is 4.90 Å². The third kappa shape index (κ3) is 4.51. The largest absolute Gasteiger partial charge is 0.338 e. The Morgan fingerprint density at radius 1 is 1.17 bits per heavy atom. The molecule has 1 saturated heterocycles. The van der Waals surface area contributed by atoms with Crippen molar-refractivity contribution >= 4 is 46.9 Å². The van der Waals surface area contributed by atoms with Crippen LogP contribution >= 0.6 is 23.4 Å². The fraction of sp³-hybridized carbons (Fsp3) is 0.304. The Balaban J connectivity index is 1.56. The van der Waals surface area contributed by atoms with E-state index in [9.17, 15) is 9.59 Å². The number of fused-ring (bicyclic) bond motifs is 1. The zero-order valence-corrected chi connectivity index (χ0v) is 18.0. The van der Waals surface area contributed by atoms with Crippen molar-refractivity contribution < 1.29 is 9.59 Å². The van der Waals surface area contributed by atoms with Crippen LogP contribution in [0.1, 0.15) is 36.2 Å². The van der Waals surface area contributed by atoms with Gasteiger partial charge in [0.2, 0.25) is 0 Å². The molecule has 0 spiro atoms. The minimum absolute atomic E-state index is 0.0331. The monoisotopic (exact) mass is 426 g/mol. The Morgan fingerprint density at radius 3 is 2.66 bits per heavy atom. The summed E-state index contributed by atoms with van der Waals surface area (Å²) < 4.78 is 0. The van der Waals surface area contributed by atoms with E-state index >= 15 is 0 Å². The van der Waals surface area contributed by atoms with E-state index in [0.717, 1.165) is 30.0 Å². The smallest absolute Gasteiger partial charge is 0.262 e. The van der Waals surface area contributed by atoms with Gasteiger partial charge in [-0.15, -0.1) is 0 Å². The van der Waals surface area contributed by atoms with Crippen molar-refractivity contribution in [3.05, 3.63) is 63.5 Å². The van der Waals surface area contributed by atoms with E-state index in [1.165, 1.54) is 11.8 Å². The van der Waals surface area contributed by atoms with Crippen molar-refractivity contribution in [3.63, 3.8) is 0 Å². The Morgan fingerprint density at radius 2 is 1.93 bits per heavy atom. The lowest BCUT2D eigenvalue weighted by molar-refractivity contribution is -0.112. The highest BCUT2D eigenvalue weighted by Gasteiger charge is 2.28. The second-order valence-electron chi connectivity index (χ2n) is 7.99. The number of nitrogens with zero attached hydrogens (tertiary/aromatic N) is 1. The molecule has 4 nitrogen and oxygen atoms in total. The highest BCUT2D eigenvalue weighted by atomic mass is 35.5. The lowest BCUT2D eigenvalue weighted by Gasteiger charge is -2.35. The van der Waals surface area contributed by atoms with E-state index in [1.807, 2.05) is 41.3 Å². The van der Waals surface area contributed by atoms with Crippen LogP contribution in [0, 0.1) is 11.8 Å². The van der Waals surface area contributed by atoms with Crippen LogP contribution in [0.15, 0.2) is 52.3 Å². The van der Waals surface area contributed by atoms with Crippen LogP contribution in [0.2, 0.25) is 5.02 Å². The van der Waals surface area contributed by atoms with E-state index in [1.54, 1.807) is 12.1 Å². The fourth-order valence-electron chi connectivity index (χ4n) is 4.05. The minimum atomic E-state index is -0.174. The van der Waals surface area contributed by atoms with Crippen LogP contribution in [0.4, 0.5) is 5.69 Å². The number of thioether (sulfide) groups is 1. The molecule has 2 aliphatic heterocycles. The predicted octanol–water partition coefficient (Wildman–Crippen LogP) is 5.54. The molecule has 0 saturated carbocycles. The zero-order chi connectivity index (χ0) is 20.5. The van der Waals surface area contributed by atoms with Gasteiger partial charge in [-0.2, -0.15) is 0 Å². The SMILES string of the molecule is CC1CC(C)CN(C(=O)c2ccc3c(c2)NC(=O)/C(=C\c2cccc(Cl)c2)S3)C1. The molecule has 6 heteroatoms. The topological polar surface area (TPSA) is 49.4 Å². The molecule has 0 aromatic heterocycles. The molecule has 2 aliphatic rings. The second kappa shape index (κ2) is 8.25. The summed E-state index contributed by atoms with van der Waals surface area (Å²) >= 11 is 7.44. The minimum Gasteiger partial charge on any atom is -0.338 e. The quantitative estimate of drug-likeness (QED) is 0.641. The van der Waals surface area contributed by atoms with Crippen LogP contribution in [0.3, 0.4) is 0 Å². The van der Waals surface area contributed by atoms with Crippen LogP contribution in [-0.4, -0.2) is 29.8 Å². The van der Waals surface area contributed by atoms with E-state index in [-0.39, 0.29) is 11.8 Å². The van der Waals surface area contributed by atoms with Gasteiger partial charge in [0.05, 0.1) is 10.6 Å². The summed E-state index contributed by atoms with van der Waals surface area (Å²) in [4.78, 5) is 29.0. The maximum atomic E-state index is 13.0. The van der Waals surface area contributed by atoms with E-state index in [0.29, 0.717) is 33.0 Å². The fourth-order valence-corrected chi connectivity index (χ4v) is 5.18. The lowest BCUT2D eigenvalue weighted by atomic mass is 9.91. The Bertz CT molecular complexity index is 994. The van der Waals surface area contributed by atoms with Gasteiger partial charge < -0.3 is 10.2 Å². The number of halogens is 1. The molecule has 0 radical (unpaired) electrons. The normalized spacial score (nSPS) is 22.9. The van der Waals surface area contributed by atoms with Gasteiger partial charge in [-0.1, -0.05) is 49.3 Å². The van der Waals surface area contributed by atoms with Crippen LogP contribution in [0.25, 0.3) is 6.08 Å². The van der Waals surface area contributed by atoms with Crippen molar-refractivity contribution in [3.8, 4) is 0 Å². The number of hydrogen-bond acceptors (Lipinski definition) is 3. The van der Waals surface area contributed by atoms with Crippen molar-refractivity contribution in [2.75, 3.05) is 18.4 Å². The summed E-state index contributed by atoms with van der Waals surface area (Å²) in [5, 5.41) is 3.56. The average Bonchev–Trinajstić information content (AvgIpc) is 2.67. The van der Waals surface area contributed by atoms with Gasteiger partial charge in [-0.3, -0.25) is 9.59 Å². The number of amides is 2. The summed E-state index contributed by atoms with van der Waals surface area (Å²) in [5.41, 5.74) is 2.18. The molecule has 150 valence electrons. The molecule has 29 heavy (non-hydrogen) atoms. The summed E-state index contributed by atoms with van der Waals surface area (Å²) in [6, 6.07) is 12.9. The first-order valence-electron chi connectivity index (χ1n) is 9.79. The van der Waals surface area contributed by atoms with Crippen molar-refractivity contribution in [2.24, 2.45) is 11.8 Å². The van der Waals surface area contributed by atoms with Gasteiger partial charge in [-0.05, 0) is 60.2 Å².